The van der Waals surface area contributed by atoms with E-state index < -0.39 is 5.97 Å². The van der Waals surface area contributed by atoms with Gasteiger partial charge >= 0.3 is 5.97 Å². The van der Waals surface area contributed by atoms with Crippen molar-refractivity contribution in [3.63, 3.8) is 0 Å². The number of unbranched alkanes of at least 4 members (excludes halogenated alkanes) is 1. The number of benzene rings is 1. The molecule has 0 saturated carbocycles. The Morgan fingerprint density at radius 2 is 2.26 bits per heavy atom. The number of methoxy groups -OCH3 is 1. The summed E-state index contributed by atoms with van der Waals surface area (Å²) in [4.78, 5) is 20.5. The number of nitrogens with zero attached hydrogens (tertiary/aromatic N) is 2. The Balaban J connectivity index is 1.56. The summed E-state index contributed by atoms with van der Waals surface area (Å²) < 4.78 is 7.60. The summed E-state index contributed by atoms with van der Waals surface area (Å²) >= 11 is 8.03. The van der Waals surface area contributed by atoms with E-state index in [4.69, 9.17) is 31.4 Å². The van der Waals surface area contributed by atoms with Crippen molar-refractivity contribution in [3.8, 4) is 5.75 Å². The Labute approximate surface area is 190 Å². The summed E-state index contributed by atoms with van der Waals surface area (Å²) in [6.07, 6.45) is 7.74. The van der Waals surface area contributed by atoms with Crippen LogP contribution in [-0.2, 0) is 17.8 Å². The molecule has 1 aliphatic carbocycles. The molecule has 8 heteroatoms. The number of nitrogens with one attached hydrogen (secondary N) is 1. The van der Waals surface area contributed by atoms with E-state index in [0.29, 0.717) is 30.2 Å². The number of carboxylic acids is 1. The Morgan fingerprint density at radius 3 is 3.03 bits per heavy atom. The van der Waals surface area contributed by atoms with Crippen LogP contribution >= 0.6 is 22.9 Å². The van der Waals surface area contributed by atoms with E-state index in [0.717, 1.165) is 41.8 Å². The predicted molar refractivity (Wildman–Crippen MR) is 124 cm³/mol. The Morgan fingerprint density at radius 1 is 1.39 bits per heavy atom. The molecule has 31 heavy (non-hydrogen) atoms. The molecule has 0 bridgehead atoms. The number of ether oxygens (including phenoxy) is 1. The first-order chi connectivity index (χ1) is 15.0. The number of halogens is 1. The van der Waals surface area contributed by atoms with Crippen molar-refractivity contribution in [3.05, 3.63) is 49.1 Å². The molecule has 0 spiro atoms. The highest BCUT2D eigenvalue weighted by atomic mass is 35.5. The molecule has 0 saturated heterocycles. The Hall–Kier alpha value is -2.22. The largest absolute Gasteiger partial charge is 0.495 e. The Bertz CT molecular complexity index is 1130. The van der Waals surface area contributed by atoms with Gasteiger partial charge in [-0.25, -0.2) is 9.98 Å². The zero-order valence-electron chi connectivity index (χ0n) is 17.5. The van der Waals surface area contributed by atoms with Crippen molar-refractivity contribution < 1.29 is 14.6 Å². The van der Waals surface area contributed by atoms with Gasteiger partial charge in [-0.2, -0.15) is 0 Å². The standard InChI is InChI=1S/C23H26ClN3O3S/c1-30-17-11-10-14(12-16(17)24)13-25-22-21-15-6-2-3-7-18(15)31-23(21)27-19(26-22)8-4-5-9-20(28)29/h7,10-12,22,25H,2-6,8-9,13H2,1H3,(H,28,29). The van der Waals surface area contributed by atoms with Gasteiger partial charge in [0.1, 0.15) is 22.4 Å². The maximum Gasteiger partial charge on any atom is 0.303 e. The summed E-state index contributed by atoms with van der Waals surface area (Å²) in [5.41, 5.74) is 3.63. The molecule has 2 aromatic rings. The van der Waals surface area contributed by atoms with Gasteiger partial charge in [-0.05, 0) is 55.4 Å². The van der Waals surface area contributed by atoms with E-state index in [1.165, 1.54) is 15.7 Å². The van der Waals surface area contributed by atoms with Crippen molar-refractivity contribution in [2.24, 2.45) is 9.98 Å². The zero-order chi connectivity index (χ0) is 21.8. The smallest absolute Gasteiger partial charge is 0.303 e. The second-order valence-electron chi connectivity index (χ2n) is 7.77. The number of carbonyl (C=O) groups is 1. The van der Waals surface area contributed by atoms with Crippen LogP contribution in [-0.4, -0.2) is 24.0 Å². The number of hydrogen-bond acceptors (Lipinski definition) is 6. The first-order valence-electron chi connectivity index (χ1n) is 10.6. The van der Waals surface area contributed by atoms with Gasteiger partial charge in [-0.3, -0.25) is 10.1 Å². The third-order valence-electron chi connectivity index (χ3n) is 5.56. The summed E-state index contributed by atoms with van der Waals surface area (Å²) in [5, 5.41) is 13.0. The van der Waals surface area contributed by atoms with E-state index in [1.54, 1.807) is 18.4 Å². The summed E-state index contributed by atoms with van der Waals surface area (Å²) in [5.74, 6) is 0.694. The van der Waals surface area contributed by atoms with Gasteiger partial charge in [-0.15, -0.1) is 11.3 Å². The number of amidine groups is 1. The van der Waals surface area contributed by atoms with Crippen molar-refractivity contribution in [1.29, 1.82) is 0 Å². The third-order valence-corrected chi connectivity index (χ3v) is 6.99. The number of rotatable bonds is 9. The van der Waals surface area contributed by atoms with E-state index in [9.17, 15) is 4.79 Å². The molecule has 1 aromatic heterocycles. The SMILES string of the molecule is COc1ccc(CNC2N=C(CCCCC(=O)O)N=c3sc4c(c32)CCCC=4)cc1Cl. The number of aliphatic carboxylic acids is 1. The molecular formula is C23H26ClN3O3S. The van der Waals surface area contributed by atoms with Crippen LogP contribution in [0.25, 0.3) is 6.08 Å². The molecule has 1 aliphatic heterocycles. The van der Waals surface area contributed by atoms with Crippen molar-refractivity contribution in [2.75, 3.05) is 7.11 Å². The molecular weight excluding hydrogens is 434 g/mol. The number of carboxylic acid groups (broad SMARTS) is 1. The number of aliphatic imine (C=N–C) groups is 1. The maximum atomic E-state index is 10.8. The van der Waals surface area contributed by atoms with Crippen LogP contribution in [0.4, 0.5) is 0 Å². The normalized spacial score (nSPS) is 17.1. The fourth-order valence-corrected chi connectivity index (χ4v) is 5.52. The number of thiophene rings is 1. The predicted octanol–water partition coefficient (Wildman–Crippen LogP) is 3.99. The minimum atomic E-state index is -0.760. The van der Waals surface area contributed by atoms with Gasteiger partial charge in [0, 0.05) is 29.5 Å². The molecule has 0 fully saturated rings. The van der Waals surface area contributed by atoms with E-state index >= 15 is 0 Å². The van der Waals surface area contributed by atoms with Crippen molar-refractivity contribution in [2.45, 2.75) is 57.7 Å². The Kier molecular flexibility index (Phi) is 7.05. The van der Waals surface area contributed by atoms with Crippen LogP contribution in [0.2, 0.25) is 5.02 Å². The van der Waals surface area contributed by atoms with Crippen molar-refractivity contribution >= 4 is 40.8 Å². The number of hydrogen-bond donors (Lipinski definition) is 2. The first kappa shape index (κ1) is 22.0. The van der Waals surface area contributed by atoms with Crippen molar-refractivity contribution in [1.82, 2.24) is 5.32 Å². The van der Waals surface area contributed by atoms with Gasteiger partial charge in [0.15, 0.2) is 0 Å². The lowest BCUT2D eigenvalue weighted by Gasteiger charge is -2.21. The lowest BCUT2D eigenvalue weighted by Crippen LogP contribution is -2.29. The maximum absolute atomic E-state index is 10.8. The summed E-state index contributed by atoms with van der Waals surface area (Å²) in [6.45, 7) is 0.623. The highest BCUT2D eigenvalue weighted by Crippen LogP contribution is 2.27. The summed E-state index contributed by atoms with van der Waals surface area (Å²) in [6, 6.07) is 5.79. The quantitative estimate of drug-likeness (QED) is 0.555. The molecule has 164 valence electrons. The fourth-order valence-electron chi connectivity index (χ4n) is 4.00. The van der Waals surface area contributed by atoms with E-state index in [-0.39, 0.29) is 12.6 Å². The van der Waals surface area contributed by atoms with Crippen LogP contribution in [0.3, 0.4) is 0 Å². The van der Waals surface area contributed by atoms with E-state index in [2.05, 4.69) is 11.4 Å². The van der Waals surface area contributed by atoms with E-state index in [1.807, 2.05) is 18.2 Å². The van der Waals surface area contributed by atoms with Gasteiger partial charge in [0.05, 0.1) is 12.1 Å². The zero-order valence-corrected chi connectivity index (χ0v) is 19.1. The summed E-state index contributed by atoms with van der Waals surface area (Å²) in [7, 11) is 1.61. The molecule has 2 heterocycles. The van der Waals surface area contributed by atoms with Crippen LogP contribution < -0.4 is 19.3 Å². The highest BCUT2D eigenvalue weighted by Gasteiger charge is 2.25. The van der Waals surface area contributed by atoms with Gasteiger partial charge < -0.3 is 9.84 Å². The minimum Gasteiger partial charge on any atom is -0.495 e. The van der Waals surface area contributed by atoms with Gasteiger partial charge in [0.25, 0.3) is 0 Å². The second-order valence-corrected chi connectivity index (χ2v) is 9.21. The molecule has 4 rings (SSSR count). The van der Waals surface area contributed by atoms with Crippen LogP contribution in [0.1, 0.15) is 61.4 Å². The molecule has 1 atom stereocenters. The molecule has 6 nitrogen and oxygen atoms in total. The van der Waals surface area contributed by atoms with Gasteiger partial charge in [-0.1, -0.05) is 23.7 Å². The minimum absolute atomic E-state index is 0.158. The monoisotopic (exact) mass is 459 g/mol. The highest BCUT2D eigenvalue weighted by molar-refractivity contribution is 7.07. The topological polar surface area (TPSA) is 83.3 Å². The average molecular weight is 460 g/mol. The number of fused-ring (bicyclic) bond motifs is 3. The third kappa shape index (κ3) is 5.17. The van der Waals surface area contributed by atoms with Crippen LogP contribution in [0, 0.1) is 0 Å². The van der Waals surface area contributed by atoms with Gasteiger partial charge in [0.2, 0.25) is 0 Å². The molecule has 0 radical (unpaired) electrons. The lowest BCUT2D eigenvalue weighted by atomic mass is 9.99. The van der Waals surface area contributed by atoms with Crippen LogP contribution in [0.15, 0.2) is 28.2 Å². The fraction of sp³-hybridized carbons (Fsp3) is 0.435. The van der Waals surface area contributed by atoms with Crippen LogP contribution in [0.5, 0.6) is 5.75 Å². The molecule has 1 aromatic carbocycles. The average Bonchev–Trinajstić information content (AvgIpc) is 3.13. The molecule has 2 aliphatic rings. The lowest BCUT2D eigenvalue weighted by molar-refractivity contribution is -0.137. The molecule has 1 unspecified atom stereocenters. The molecule has 0 amide bonds. The molecule has 2 N–H and O–H groups in total. The first-order valence-corrected chi connectivity index (χ1v) is 11.8. The second kappa shape index (κ2) is 9.94.